The largest absolute Gasteiger partial charge is 0.337 e. The SMILES string of the molecule is CNCC1CCCN1C(=O)Cn1nc(C)cc1C.Cl.Cl. The number of likely N-dealkylation sites (tertiary alicyclic amines) is 1. The lowest BCUT2D eigenvalue weighted by Gasteiger charge is -2.24. The highest BCUT2D eigenvalue weighted by Gasteiger charge is 2.28. The van der Waals surface area contributed by atoms with Crippen LogP contribution in [0.1, 0.15) is 24.2 Å². The Morgan fingerprint density at radius 2 is 2.15 bits per heavy atom. The maximum Gasteiger partial charge on any atom is 0.244 e. The number of carbonyl (C=O) groups excluding carboxylic acids is 1. The summed E-state index contributed by atoms with van der Waals surface area (Å²) in [5.41, 5.74) is 2.01. The number of hydrogen-bond acceptors (Lipinski definition) is 3. The fraction of sp³-hybridized carbons (Fsp3) is 0.692. The minimum absolute atomic E-state index is 0. The Morgan fingerprint density at radius 1 is 1.45 bits per heavy atom. The summed E-state index contributed by atoms with van der Waals surface area (Å²) >= 11 is 0. The van der Waals surface area contributed by atoms with Crippen LogP contribution in [-0.2, 0) is 11.3 Å². The molecule has 0 radical (unpaired) electrons. The number of nitrogens with one attached hydrogen (secondary N) is 1. The first kappa shape index (κ1) is 19.2. The van der Waals surface area contributed by atoms with Crippen molar-refractivity contribution in [1.29, 1.82) is 0 Å². The van der Waals surface area contributed by atoms with Crippen molar-refractivity contribution >= 4 is 30.7 Å². The van der Waals surface area contributed by atoms with Gasteiger partial charge >= 0.3 is 0 Å². The Hall–Kier alpha value is -0.780. The Balaban J connectivity index is 0.00000180. The summed E-state index contributed by atoms with van der Waals surface area (Å²) in [5.74, 6) is 0.180. The van der Waals surface area contributed by atoms with Crippen LogP contribution in [0.15, 0.2) is 6.07 Å². The first-order valence-corrected chi connectivity index (χ1v) is 6.57. The van der Waals surface area contributed by atoms with Crippen molar-refractivity contribution in [3.05, 3.63) is 17.5 Å². The lowest BCUT2D eigenvalue weighted by atomic mass is 10.2. The fourth-order valence-electron chi connectivity index (χ4n) is 2.67. The van der Waals surface area contributed by atoms with E-state index < -0.39 is 0 Å². The van der Waals surface area contributed by atoms with Crippen molar-refractivity contribution in [3.8, 4) is 0 Å². The number of aromatic nitrogens is 2. The third kappa shape index (κ3) is 4.36. The maximum atomic E-state index is 12.3. The Bertz CT molecular complexity index is 436. The highest BCUT2D eigenvalue weighted by Crippen LogP contribution is 2.17. The quantitative estimate of drug-likeness (QED) is 0.915. The maximum absolute atomic E-state index is 12.3. The van der Waals surface area contributed by atoms with Crippen molar-refractivity contribution in [3.63, 3.8) is 0 Å². The van der Waals surface area contributed by atoms with Crippen LogP contribution in [0.3, 0.4) is 0 Å². The van der Waals surface area contributed by atoms with Gasteiger partial charge in [-0.2, -0.15) is 5.10 Å². The van der Waals surface area contributed by atoms with E-state index in [0.29, 0.717) is 12.6 Å². The van der Waals surface area contributed by atoms with E-state index in [2.05, 4.69) is 10.4 Å². The average Bonchev–Trinajstić information content (AvgIpc) is 2.87. The molecular weight excluding hydrogens is 299 g/mol. The zero-order valence-electron chi connectivity index (χ0n) is 12.3. The predicted molar refractivity (Wildman–Crippen MR) is 84.9 cm³/mol. The molecule has 2 heterocycles. The van der Waals surface area contributed by atoms with Crippen LogP contribution >= 0.6 is 24.8 Å². The van der Waals surface area contributed by atoms with Crippen molar-refractivity contribution in [2.75, 3.05) is 20.1 Å². The van der Waals surface area contributed by atoms with Gasteiger partial charge in [0.1, 0.15) is 6.54 Å². The van der Waals surface area contributed by atoms with Crippen molar-refractivity contribution in [2.24, 2.45) is 0 Å². The van der Waals surface area contributed by atoms with Gasteiger partial charge in [0.15, 0.2) is 0 Å². The number of nitrogens with zero attached hydrogens (tertiary/aromatic N) is 3. The molecule has 1 aliphatic rings. The summed E-state index contributed by atoms with van der Waals surface area (Å²) < 4.78 is 1.80. The lowest BCUT2D eigenvalue weighted by Crippen LogP contribution is -2.42. The lowest BCUT2D eigenvalue weighted by molar-refractivity contribution is -0.132. The molecule has 1 aliphatic heterocycles. The molecule has 0 bridgehead atoms. The standard InChI is InChI=1S/C13H22N4O.2ClH/c1-10-7-11(2)17(15-10)9-13(18)16-6-4-5-12(16)8-14-3;;/h7,12,14H,4-6,8-9H2,1-3H3;2*1H. The predicted octanol–water partition coefficient (Wildman–Crippen LogP) is 1.55. The topological polar surface area (TPSA) is 50.2 Å². The highest BCUT2D eigenvalue weighted by atomic mass is 35.5. The molecule has 116 valence electrons. The molecular formula is C13H24Cl2N4O. The van der Waals surface area contributed by atoms with E-state index in [1.165, 1.54) is 0 Å². The third-order valence-electron chi connectivity index (χ3n) is 3.53. The number of carbonyl (C=O) groups is 1. The second kappa shape index (κ2) is 8.49. The fourth-order valence-corrected chi connectivity index (χ4v) is 2.67. The number of hydrogen-bond donors (Lipinski definition) is 1. The first-order chi connectivity index (χ1) is 8.61. The molecule has 1 aromatic heterocycles. The normalized spacial score (nSPS) is 17.6. The van der Waals surface area contributed by atoms with Crippen LogP contribution in [0.25, 0.3) is 0 Å². The van der Waals surface area contributed by atoms with Gasteiger partial charge in [0.05, 0.1) is 5.69 Å². The van der Waals surface area contributed by atoms with Gasteiger partial charge in [0.25, 0.3) is 0 Å². The Labute approximate surface area is 132 Å². The Kier molecular flexibility index (Phi) is 8.16. The highest BCUT2D eigenvalue weighted by molar-refractivity contribution is 5.85. The van der Waals surface area contributed by atoms with Gasteiger partial charge < -0.3 is 10.2 Å². The summed E-state index contributed by atoms with van der Waals surface area (Å²) in [6.07, 6.45) is 2.21. The van der Waals surface area contributed by atoms with Crippen LogP contribution in [0.4, 0.5) is 0 Å². The molecule has 1 unspecified atom stereocenters. The van der Waals surface area contributed by atoms with E-state index in [1.54, 1.807) is 4.68 Å². The van der Waals surface area contributed by atoms with Crippen LogP contribution in [0.5, 0.6) is 0 Å². The van der Waals surface area contributed by atoms with E-state index in [-0.39, 0.29) is 30.7 Å². The smallest absolute Gasteiger partial charge is 0.244 e. The molecule has 1 saturated heterocycles. The van der Waals surface area contributed by atoms with Gasteiger partial charge in [-0.15, -0.1) is 24.8 Å². The van der Waals surface area contributed by atoms with Gasteiger partial charge in [-0.3, -0.25) is 9.48 Å². The van der Waals surface area contributed by atoms with E-state index in [1.807, 2.05) is 31.9 Å². The summed E-state index contributed by atoms with van der Waals surface area (Å²) in [5, 5.41) is 7.50. The van der Waals surface area contributed by atoms with Crippen molar-refractivity contribution in [2.45, 2.75) is 39.3 Å². The van der Waals surface area contributed by atoms with Crippen molar-refractivity contribution < 1.29 is 4.79 Å². The first-order valence-electron chi connectivity index (χ1n) is 6.57. The zero-order valence-corrected chi connectivity index (χ0v) is 13.9. The molecule has 0 aliphatic carbocycles. The number of amides is 1. The molecule has 0 saturated carbocycles. The minimum Gasteiger partial charge on any atom is -0.337 e. The average molecular weight is 323 g/mol. The summed E-state index contributed by atoms with van der Waals surface area (Å²) in [6.45, 7) is 6.06. The summed E-state index contributed by atoms with van der Waals surface area (Å²) in [4.78, 5) is 14.3. The molecule has 2 rings (SSSR count). The van der Waals surface area contributed by atoms with Crippen LogP contribution in [0, 0.1) is 13.8 Å². The third-order valence-corrected chi connectivity index (χ3v) is 3.53. The molecule has 0 spiro atoms. The van der Waals surface area contributed by atoms with Crippen LogP contribution in [0.2, 0.25) is 0 Å². The van der Waals surface area contributed by atoms with Gasteiger partial charge in [-0.1, -0.05) is 0 Å². The van der Waals surface area contributed by atoms with Crippen LogP contribution in [-0.4, -0.2) is 46.8 Å². The monoisotopic (exact) mass is 322 g/mol. The number of halogens is 2. The van der Waals surface area contributed by atoms with Crippen molar-refractivity contribution in [1.82, 2.24) is 20.0 Å². The second-order valence-corrected chi connectivity index (χ2v) is 5.03. The van der Waals surface area contributed by atoms with E-state index in [0.717, 1.165) is 37.3 Å². The van der Waals surface area contributed by atoms with Gasteiger partial charge in [-0.05, 0) is 39.8 Å². The van der Waals surface area contributed by atoms with Crippen LogP contribution < -0.4 is 5.32 Å². The Morgan fingerprint density at radius 3 is 2.70 bits per heavy atom. The molecule has 1 fully saturated rings. The molecule has 0 aromatic carbocycles. The number of aryl methyl sites for hydroxylation is 2. The molecule has 5 nitrogen and oxygen atoms in total. The summed E-state index contributed by atoms with van der Waals surface area (Å²) in [7, 11) is 1.93. The second-order valence-electron chi connectivity index (χ2n) is 5.03. The van der Waals surface area contributed by atoms with Gasteiger partial charge in [0.2, 0.25) is 5.91 Å². The molecule has 1 aromatic rings. The molecule has 1 N–H and O–H groups in total. The number of likely N-dealkylation sites (N-methyl/N-ethyl adjacent to an activating group) is 1. The molecule has 20 heavy (non-hydrogen) atoms. The molecule has 7 heteroatoms. The van der Waals surface area contributed by atoms with E-state index in [4.69, 9.17) is 0 Å². The zero-order chi connectivity index (χ0) is 13.1. The minimum atomic E-state index is 0. The van der Waals surface area contributed by atoms with E-state index >= 15 is 0 Å². The molecule has 1 atom stereocenters. The summed E-state index contributed by atoms with van der Waals surface area (Å²) in [6, 6.07) is 2.35. The molecule has 1 amide bonds. The van der Waals surface area contributed by atoms with Gasteiger partial charge in [0, 0.05) is 24.8 Å². The van der Waals surface area contributed by atoms with Gasteiger partial charge in [-0.25, -0.2) is 0 Å². The van der Waals surface area contributed by atoms with E-state index in [9.17, 15) is 4.79 Å². The number of rotatable bonds is 4.